The molecule has 1 aromatic heterocycles. The average molecular weight is 286 g/mol. The van der Waals surface area contributed by atoms with Crippen LogP contribution in [0.5, 0.6) is 0 Å². The predicted molar refractivity (Wildman–Crippen MR) is 79.3 cm³/mol. The molecule has 7 heteroatoms. The third kappa shape index (κ3) is 3.36. The van der Waals surface area contributed by atoms with Crippen molar-refractivity contribution in [2.75, 3.05) is 23.3 Å². The summed E-state index contributed by atoms with van der Waals surface area (Å²) >= 11 is 0. The quantitative estimate of drug-likeness (QED) is 0.899. The number of tetrazole rings is 1. The van der Waals surface area contributed by atoms with E-state index >= 15 is 0 Å². The number of anilines is 2. The minimum Gasteiger partial charge on any atom is -0.372 e. The molecule has 0 atom stereocenters. The van der Waals surface area contributed by atoms with Gasteiger partial charge in [0.25, 0.3) is 11.7 Å². The molecule has 0 aliphatic carbocycles. The molecule has 0 spiro atoms. The molecule has 2 N–H and O–H groups in total. The Hall–Kier alpha value is -2.44. The van der Waals surface area contributed by atoms with Crippen molar-refractivity contribution in [1.82, 2.24) is 20.6 Å². The van der Waals surface area contributed by atoms with E-state index in [1.807, 2.05) is 24.3 Å². The van der Waals surface area contributed by atoms with E-state index in [-0.39, 0.29) is 11.7 Å². The van der Waals surface area contributed by atoms with Crippen LogP contribution >= 0.6 is 0 Å². The van der Waals surface area contributed by atoms with Crippen LogP contribution in [0.25, 0.3) is 0 Å². The molecule has 1 aliphatic rings. The lowest BCUT2D eigenvalue weighted by Gasteiger charge is -2.22. The summed E-state index contributed by atoms with van der Waals surface area (Å²) in [5.74, 6) is -0.335. The summed E-state index contributed by atoms with van der Waals surface area (Å²) in [6.45, 7) is 2.21. The maximum atomic E-state index is 11.8. The first kappa shape index (κ1) is 13.5. The molecule has 1 aromatic carbocycles. The van der Waals surface area contributed by atoms with Gasteiger partial charge >= 0.3 is 0 Å². The third-order valence-electron chi connectivity index (χ3n) is 3.64. The molecule has 2 aromatic rings. The van der Waals surface area contributed by atoms with Crippen molar-refractivity contribution in [3.63, 3.8) is 0 Å². The van der Waals surface area contributed by atoms with Gasteiger partial charge in [0, 0.05) is 24.5 Å². The highest BCUT2D eigenvalue weighted by molar-refractivity contribution is 6.01. The van der Waals surface area contributed by atoms with Gasteiger partial charge in [0.15, 0.2) is 0 Å². The lowest BCUT2D eigenvalue weighted by atomic mass is 10.2. The molecule has 3 rings (SSSR count). The van der Waals surface area contributed by atoms with Gasteiger partial charge in [0.2, 0.25) is 0 Å². The first-order valence-electron chi connectivity index (χ1n) is 7.23. The number of nitrogens with zero attached hydrogens (tertiary/aromatic N) is 4. The molecule has 0 unspecified atom stereocenters. The van der Waals surface area contributed by atoms with Crippen LogP contribution < -0.4 is 10.2 Å². The summed E-state index contributed by atoms with van der Waals surface area (Å²) in [7, 11) is 0. The summed E-state index contributed by atoms with van der Waals surface area (Å²) in [4.78, 5) is 14.2. The lowest BCUT2D eigenvalue weighted by molar-refractivity contribution is 0.101. The van der Waals surface area contributed by atoms with Gasteiger partial charge in [-0.1, -0.05) is 12.8 Å². The number of H-pyrrole nitrogens is 1. The largest absolute Gasteiger partial charge is 0.372 e. The number of rotatable bonds is 3. The van der Waals surface area contributed by atoms with Gasteiger partial charge in [-0.25, -0.2) is 0 Å². The third-order valence-corrected chi connectivity index (χ3v) is 3.64. The molecule has 21 heavy (non-hydrogen) atoms. The molecule has 2 heterocycles. The highest BCUT2D eigenvalue weighted by Crippen LogP contribution is 2.21. The fraction of sp³-hybridized carbons (Fsp3) is 0.429. The van der Waals surface area contributed by atoms with Crippen molar-refractivity contribution < 1.29 is 4.79 Å². The van der Waals surface area contributed by atoms with Crippen LogP contribution in [0.1, 0.15) is 36.3 Å². The molecule has 1 saturated heterocycles. The van der Waals surface area contributed by atoms with Crippen LogP contribution in [0, 0.1) is 0 Å². The number of amides is 1. The molecule has 0 radical (unpaired) electrons. The Kier molecular flexibility index (Phi) is 4.09. The zero-order chi connectivity index (χ0) is 14.5. The number of aromatic nitrogens is 4. The second kappa shape index (κ2) is 6.34. The Morgan fingerprint density at radius 2 is 1.81 bits per heavy atom. The summed E-state index contributed by atoms with van der Waals surface area (Å²) in [6.07, 6.45) is 5.12. The molecular formula is C14H18N6O. The van der Waals surface area contributed by atoms with E-state index in [0.717, 1.165) is 18.8 Å². The van der Waals surface area contributed by atoms with Crippen molar-refractivity contribution in [2.24, 2.45) is 0 Å². The molecule has 7 nitrogen and oxygen atoms in total. The monoisotopic (exact) mass is 286 g/mol. The fourth-order valence-corrected chi connectivity index (χ4v) is 2.53. The summed E-state index contributed by atoms with van der Waals surface area (Å²) < 4.78 is 0. The van der Waals surface area contributed by atoms with Crippen LogP contribution in [-0.4, -0.2) is 39.6 Å². The van der Waals surface area contributed by atoms with E-state index < -0.39 is 0 Å². The second-order valence-electron chi connectivity index (χ2n) is 5.14. The SMILES string of the molecule is O=C(Nc1ccc(N2CCCCCC2)cc1)c1nn[nH]n1. The Bertz CT molecular complexity index is 572. The molecule has 0 bridgehead atoms. The van der Waals surface area contributed by atoms with E-state index in [0.29, 0.717) is 0 Å². The van der Waals surface area contributed by atoms with Crippen molar-refractivity contribution in [3.05, 3.63) is 30.1 Å². The van der Waals surface area contributed by atoms with Gasteiger partial charge in [-0.05, 0) is 42.3 Å². The van der Waals surface area contributed by atoms with Gasteiger partial charge in [-0.15, -0.1) is 10.2 Å². The first-order chi connectivity index (χ1) is 10.3. The first-order valence-corrected chi connectivity index (χ1v) is 7.23. The Labute approximate surface area is 122 Å². The smallest absolute Gasteiger partial charge is 0.297 e. The van der Waals surface area contributed by atoms with Crippen LogP contribution in [0.15, 0.2) is 24.3 Å². The van der Waals surface area contributed by atoms with E-state index in [9.17, 15) is 4.79 Å². The van der Waals surface area contributed by atoms with Crippen LogP contribution in [0.2, 0.25) is 0 Å². The summed E-state index contributed by atoms with van der Waals surface area (Å²) in [6, 6.07) is 7.88. The second-order valence-corrected chi connectivity index (χ2v) is 5.14. The zero-order valence-electron chi connectivity index (χ0n) is 11.7. The normalized spacial score (nSPS) is 15.5. The lowest BCUT2D eigenvalue weighted by Crippen LogP contribution is -2.23. The van der Waals surface area contributed by atoms with Gasteiger partial charge in [-0.2, -0.15) is 5.21 Å². The van der Waals surface area contributed by atoms with E-state index in [2.05, 4.69) is 30.8 Å². The van der Waals surface area contributed by atoms with E-state index in [4.69, 9.17) is 0 Å². The summed E-state index contributed by atoms with van der Waals surface area (Å²) in [5, 5.41) is 15.7. The Morgan fingerprint density at radius 3 is 2.43 bits per heavy atom. The van der Waals surface area contributed by atoms with Crippen LogP contribution in [0.4, 0.5) is 11.4 Å². The molecular weight excluding hydrogens is 268 g/mol. The maximum absolute atomic E-state index is 11.8. The van der Waals surface area contributed by atoms with Crippen LogP contribution in [0.3, 0.4) is 0 Å². The highest BCUT2D eigenvalue weighted by atomic mass is 16.2. The van der Waals surface area contributed by atoms with Gasteiger partial charge < -0.3 is 10.2 Å². The van der Waals surface area contributed by atoms with E-state index in [1.54, 1.807) is 0 Å². The summed E-state index contributed by atoms with van der Waals surface area (Å²) in [5.41, 5.74) is 1.93. The number of hydrogen-bond acceptors (Lipinski definition) is 5. The molecule has 1 amide bonds. The number of hydrogen-bond donors (Lipinski definition) is 2. The Morgan fingerprint density at radius 1 is 1.10 bits per heavy atom. The van der Waals surface area contributed by atoms with Crippen molar-refractivity contribution >= 4 is 17.3 Å². The van der Waals surface area contributed by atoms with Crippen molar-refractivity contribution in [1.29, 1.82) is 0 Å². The molecule has 0 saturated carbocycles. The highest BCUT2D eigenvalue weighted by Gasteiger charge is 2.12. The Balaban J connectivity index is 1.65. The molecule has 110 valence electrons. The van der Waals surface area contributed by atoms with Crippen molar-refractivity contribution in [2.45, 2.75) is 25.7 Å². The van der Waals surface area contributed by atoms with Gasteiger partial charge in [0.1, 0.15) is 0 Å². The van der Waals surface area contributed by atoms with Gasteiger partial charge in [0.05, 0.1) is 0 Å². The average Bonchev–Trinajstić information content (AvgIpc) is 2.91. The predicted octanol–water partition coefficient (Wildman–Crippen LogP) is 1.83. The number of nitrogens with one attached hydrogen (secondary N) is 2. The number of carbonyl (C=O) groups excluding carboxylic acids is 1. The number of carbonyl (C=O) groups is 1. The fourth-order valence-electron chi connectivity index (χ4n) is 2.53. The molecule has 1 aliphatic heterocycles. The topological polar surface area (TPSA) is 86.8 Å². The number of aromatic amines is 1. The van der Waals surface area contributed by atoms with Crippen molar-refractivity contribution in [3.8, 4) is 0 Å². The standard InChI is InChI=1S/C14H18N6O/c21-14(13-16-18-19-17-13)15-11-5-7-12(8-6-11)20-9-3-1-2-4-10-20/h5-8H,1-4,9-10H2,(H,15,21)(H,16,17,18,19). The number of benzene rings is 1. The van der Waals surface area contributed by atoms with E-state index in [1.165, 1.54) is 31.4 Å². The minimum absolute atomic E-state index is 0.0339. The maximum Gasteiger partial charge on any atom is 0.297 e. The van der Waals surface area contributed by atoms with Crippen LogP contribution in [-0.2, 0) is 0 Å². The van der Waals surface area contributed by atoms with Gasteiger partial charge in [-0.3, -0.25) is 4.79 Å². The minimum atomic E-state index is -0.369. The molecule has 1 fully saturated rings. The zero-order valence-corrected chi connectivity index (χ0v) is 11.7.